The number of rotatable bonds is 16. The summed E-state index contributed by atoms with van der Waals surface area (Å²) in [6, 6.07) is 0.131. The van der Waals surface area contributed by atoms with Crippen LogP contribution in [-0.4, -0.2) is 69.4 Å². The van der Waals surface area contributed by atoms with E-state index in [4.69, 9.17) is 15.2 Å². The van der Waals surface area contributed by atoms with E-state index < -0.39 is 36.0 Å². The van der Waals surface area contributed by atoms with Crippen LogP contribution < -0.4 is 21.7 Å². The van der Waals surface area contributed by atoms with Gasteiger partial charge in [0.05, 0.1) is 12.0 Å². The number of carbonyl (C=O) groups is 3. The summed E-state index contributed by atoms with van der Waals surface area (Å²) in [4.78, 5) is 53.5. The predicted octanol–water partition coefficient (Wildman–Crippen LogP) is 3.91. The van der Waals surface area contributed by atoms with Crippen LogP contribution in [0.1, 0.15) is 91.5 Å². The van der Waals surface area contributed by atoms with Gasteiger partial charge in [0.2, 0.25) is 17.7 Å². The Kier molecular flexibility index (Phi) is 10.8. The number of aryl methyl sites for hydroxylation is 4. The van der Waals surface area contributed by atoms with Gasteiger partial charge in [-0.05, 0) is 117 Å². The van der Waals surface area contributed by atoms with Crippen LogP contribution in [0, 0.1) is 37.0 Å². The first-order valence-corrected chi connectivity index (χ1v) is 19.3. The molecule has 3 unspecified atom stereocenters. The van der Waals surface area contributed by atoms with Crippen molar-refractivity contribution in [2.45, 2.75) is 109 Å². The van der Waals surface area contributed by atoms with Crippen LogP contribution in [-0.2, 0) is 42.4 Å². The Hall–Kier alpha value is -5.41. The van der Waals surface area contributed by atoms with Crippen LogP contribution in [0.15, 0.2) is 41.6 Å². The number of anilines is 1. The maximum absolute atomic E-state index is 14.5. The molecule has 4 aliphatic rings. The first-order valence-electron chi connectivity index (χ1n) is 19.3. The van der Waals surface area contributed by atoms with E-state index in [1.54, 1.807) is 35.4 Å². The van der Waals surface area contributed by atoms with Gasteiger partial charge in [0, 0.05) is 51.4 Å². The standard InChI is InChI=1S/C39H52N10O6/c1-22-9-28(50)10-23(2)29(22)15-31(43-34(51)30(45-38(53)54)5-4-7-49-8-6-41-37(49)40)35(52)44-32(14-27-20-48(3)21-42-27)36-46-33(47-55-36)19-39-16-24-11-25(17-39)13-26(12-24)18-39/h6,8-10,20-21,24-26,30-32,45,50H,4-5,7,11-19H2,1-3H3,(H2,40,41)(H,43,51)(H,44,52)(H,53,54). The summed E-state index contributed by atoms with van der Waals surface area (Å²) in [6.45, 7) is 4.06. The van der Waals surface area contributed by atoms with Crippen molar-refractivity contribution in [3.63, 3.8) is 0 Å². The summed E-state index contributed by atoms with van der Waals surface area (Å²) >= 11 is 0. The number of nitrogens with zero attached hydrogens (tertiary/aromatic N) is 6. The molecule has 0 spiro atoms. The number of aromatic hydroxyl groups is 1. The Morgan fingerprint density at radius 2 is 1.65 bits per heavy atom. The first-order chi connectivity index (χ1) is 26.3. The third-order valence-corrected chi connectivity index (χ3v) is 11.9. The molecule has 55 heavy (non-hydrogen) atoms. The first kappa shape index (κ1) is 37.9. The number of nitrogens with two attached hydrogens (primary N) is 1. The Morgan fingerprint density at radius 3 is 2.25 bits per heavy atom. The molecule has 4 aliphatic carbocycles. The number of carbonyl (C=O) groups excluding carboxylic acids is 2. The third-order valence-electron chi connectivity index (χ3n) is 11.9. The number of amides is 3. The fraction of sp³-hybridized carbons (Fsp3) is 0.564. The maximum atomic E-state index is 14.5. The van der Waals surface area contributed by atoms with Crippen molar-refractivity contribution < 1.29 is 29.1 Å². The maximum Gasteiger partial charge on any atom is 0.405 e. The molecule has 3 amide bonds. The average Bonchev–Trinajstić information content (AvgIpc) is 3.85. The molecule has 0 saturated heterocycles. The molecule has 4 aromatic rings. The zero-order valence-corrected chi connectivity index (χ0v) is 31.7. The molecule has 1 aromatic carbocycles. The number of hydrogen-bond acceptors (Lipinski definition) is 10. The van der Waals surface area contributed by atoms with E-state index in [0.717, 1.165) is 40.9 Å². The normalized spacial score (nSPS) is 22.9. The molecule has 0 aliphatic heterocycles. The molecule has 294 valence electrons. The van der Waals surface area contributed by atoms with Gasteiger partial charge in [0.25, 0.3) is 0 Å². The summed E-state index contributed by atoms with van der Waals surface area (Å²) in [5.41, 5.74) is 9.00. The van der Waals surface area contributed by atoms with Crippen molar-refractivity contribution >= 4 is 23.9 Å². The van der Waals surface area contributed by atoms with E-state index in [1.165, 1.54) is 38.5 Å². The van der Waals surface area contributed by atoms with Crippen molar-refractivity contribution in [3.8, 4) is 5.75 Å². The van der Waals surface area contributed by atoms with Crippen molar-refractivity contribution in [1.82, 2.24) is 45.2 Å². The Morgan fingerprint density at radius 1 is 0.982 bits per heavy atom. The number of aromatic nitrogens is 6. The fourth-order valence-corrected chi connectivity index (χ4v) is 9.97. The fourth-order valence-electron chi connectivity index (χ4n) is 9.97. The number of hydrogen-bond donors (Lipinski definition) is 6. The van der Waals surface area contributed by atoms with Crippen molar-refractivity contribution in [3.05, 3.63) is 71.1 Å². The SMILES string of the molecule is Cc1cc(O)cc(C)c1CC(NC(=O)C(CCCn1ccnc1N)NC(=O)O)C(=O)NC(Cc1cn(C)cn1)c1nc(CC23CC4CC(CC(C4)C2)C3)no1. The van der Waals surface area contributed by atoms with Crippen molar-refractivity contribution in [2.24, 2.45) is 30.2 Å². The van der Waals surface area contributed by atoms with Crippen LogP contribution in [0.4, 0.5) is 10.7 Å². The van der Waals surface area contributed by atoms with Crippen LogP contribution in [0.2, 0.25) is 0 Å². The lowest BCUT2D eigenvalue weighted by atomic mass is 9.49. The quantitative estimate of drug-likeness (QED) is 0.0961. The van der Waals surface area contributed by atoms with E-state index in [1.807, 2.05) is 31.7 Å². The molecule has 8 rings (SSSR count). The van der Waals surface area contributed by atoms with Crippen LogP contribution in [0.25, 0.3) is 0 Å². The van der Waals surface area contributed by atoms with Gasteiger partial charge in [0.15, 0.2) is 11.8 Å². The summed E-state index contributed by atoms with van der Waals surface area (Å²) < 4.78 is 9.42. The topological polar surface area (TPSA) is 228 Å². The van der Waals surface area contributed by atoms with Crippen molar-refractivity contribution in [2.75, 3.05) is 5.73 Å². The number of carboxylic acid groups (broad SMARTS) is 1. The van der Waals surface area contributed by atoms with Crippen molar-refractivity contribution in [1.29, 1.82) is 0 Å². The lowest BCUT2D eigenvalue weighted by Gasteiger charge is -2.56. The Labute approximate surface area is 319 Å². The molecule has 4 fully saturated rings. The van der Waals surface area contributed by atoms with Crippen LogP contribution >= 0.6 is 0 Å². The van der Waals surface area contributed by atoms with Gasteiger partial charge in [-0.2, -0.15) is 4.98 Å². The zero-order valence-electron chi connectivity index (χ0n) is 31.7. The molecule has 16 nitrogen and oxygen atoms in total. The summed E-state index contributed by atoms with van der Waals surface area (Å²) in [5, 5.41) is 32.5. The average molecular weight is 757 g/mol. The smallest absolute Gasteiger partial charge is 0.405 e. The number of benzene rings is 1. The largest absolute Gasteiger partial charge is 0.508 e. The molecule has 4 bridgehead atoms. The van der Waals surface area contributed by atoms with Crippen LogP contribution in [0.3, 0.4) is 0 Å². The van der Waals surface area contributed by atoms with Gasteiger partial charge in [-0.3, -0.25) is 9.59 Å². The second-order valence-electron chi connectivity index (χ2n) is 16.4. The molecule has 16 heteroatoms. The highest BCUT2D eigenvalue weighted by molar-refractivity contribution is 5.91. The highest BCUT2D eigenvalue weighted by Gasteiger charge is 2.51. The molecule has 3 aromatic heterocycles. The minimum absolute atomic E-state index is 0.0677. The number of nitrogens with one attached hydrogen (secondary N) is 3. The summed E-state index contributed by atoms with van der Waals surface area (Å²) in [6.07, 6.45) is 14.6. The van der Waals surface area contributed by atoms with Gasteiger partial charge >= 0.3 is 6.09 Å². The molecule has 3 atom stereocenters. The zero-order chi connectivity index (χ0) is 38.9. The molecule has 4 saturated carbocycles. The minimum atomic E-state index is -1.37. The second-order valence-corrected chi connectivity index (χ2v) is 16.4. The Balaban J connectivity index is 1.12. The van der Waals surface area contributed by atoms with E-state index in [0.29, 0.717) is 30.4 Å². The third kappa shape index (κ3) is 8.94. The lowest BCUT2D eigenvalue weighted by molar-refractivity contribution is -0.130. The number of nitrogen functional groups attached to an aromatic ring is 1. The van der Waals surface area contributed by atoms with Crippen LogP contribution in [0.5, 0.6) is 5.75 Å². The van der Waals surface area contributed by atoms with E-state index in [-0.39, 0.29) is 36.3 Å². The summed E-state index contributed by atoms with van der Waals surface area (Å²) in [7, 11) is 1.86. The highest BCUT2D eigenvalue weighted by atomic mass is 16.5. The number of phenols is 1. The highest BCUT2D eigenvalue weighted by Crippen LogP contribution is 2.60. The van der Waals surface area contributed by atoms with E-state index in [2.05, 4.69) is 31.1 Å². The number of imidazole rings is 2. The minimum Gasteiger partial charge on any atom is -0.508 e. The van der Waals surface area contributed by atoms with Gasteiger partial charge in [0.1, 0.15) is 23.9 Å². The van der Waals surface area contributed by atoms with Gasteiger partial charge in [-0.15, -0.1) is 0 Å². The monoisotopic (exact) mass is 756 g/mol. The molecule has 7 N–H and O–H groups in total. The number of phenolic OH excluding ortho intramolecular Hbond substituents is 1. The Bertz CT molecular complexity index is 1960. The predicted molar refractivity (Wildman–Crippen MR) is 200 cm³/mol. The summed E-state index contributed by atoms with van der Waals surface area (Å²) in [5.74, 6) is 2.44. The lowest BCUT2D eigenvalue weighted by Crippen LogP contribution is -2.55. The second kappa shape index (κ2) is 15.7. The van der Waals surface area contributed by atoms with Gasteiger partial charge in [-0.1, -0.05) is 5.16 Å². The molecular weight excluding hydrogens is 704 g/mol. The van der Waals surface area contributed by atoms with Gasteiger partial charge in [-0.25, -0.2) is 14.8 Å². The van der Waals surface area contributed by atoms with E-state index >= 15 is 0 Å². The molecular formula is C39H52N10O6. The molecule has 3 heterocycles. The van der Waals surface area contributed by atoms with Gasteiger partial charge < -0.3 is 45.6 Å². The molecule has 0 radical (unpaired) electrons. The van der Waals surface area contributed by atoms with E-state index in [9.17, 15) is 24.6 Å².